The smallest absolute Gasteiger partial charge is 0.207 e. The summed E-state index contributed by atoms with van der Waals surface area (Å²) >= 11 is 0. The quantitative estimate of drug-likeness (QED) is 0.124. The van der Waals surface area contributed by atoms with Crippen LogP contribution in [-0.4, -0.2) is 24.4 Å². The Bertz CT molecular complexity index is 1200. The molecule has 0 bridgehead atoms. The van der Waals surface area contributed by atoms with Crippen LogP contribution in [0, 0.1) is 6.92 Å². The molecule has 4 heteroatoms. The Morgan fingerprint density at radius 3 is 1.19 bits per heavy atom. The van der Waals surface area contributed by atoms with Crippen LogP contribution < -0.4 is 9.47 Å². The molecule has 0 atom stereocenters. The summed E-state index contributed by atoms with van der Waals surface area (Å²) in [6, 6.07) is 0. The first kappa shape index (κ1) is 37.9. The number of ether oxygens (including phenoxy) is 2. The summed E-state index contributed by atoms with van der Waals surface area (Å²) < 4.78 is 10.5. The normalized spacial score (nSPS) is 13.4. The van der Waals surface area contributed by atoms with E-state index in [1.165, 1.54) is 54.1 Å². The molecule has 1 aromatic rings. The first-order chi connectivity index (χ1) is 20.4. The van der Waals surface area contributed by atoms with Crippen molar-refractivity contribution in [2.75, 3.05) is 14.2 Å². The van der Waals surface area contributed by atoms with E-state index >= 15 is 0 Å². The topological polar surface area (TPSA) is 58.9 Å². The predicted molar refractivity (Wildman–Crippen MR) is 186 cm³/mol. The van der Waals surface area contributed by atoms with Gasteiger partial charge in [0.25, 0.3) is 0 Å². The number of allylic oxidation sites excluding steroid dienone is 12. The Hall–Kier alpha value is -3.14. The Morgan fingerprint density at radius 2 is 0.837 bits per heavy atom. The highest BCUT2D eigenvalue weighted by atomic mass is 16.5. The monoisotopic (exact) mass is 592 g/mol. The van der Waals surface area contributed by atoms with Crippen LogP contribution in [0.2, 0.25) is 0 Å². The van der Waals surface area contributed by atoms with Crippen LogP contribution in [0.1, 0.15) is 124 Å². The highest BCUT2D eigenvalue weighted by Gasteiger charge is 2.22. The Kier molecular flexibility index (Phi) is 18.2. The third-order valence-corrected chi connectivity index (χ3v) is 8.01. The fraction of sp³-hybridized carbons (Fsp3) is 0.538. The molecule has 0 unspecified atom stereocenters. The van der Waals surface area contributed by atoms with Gasteiger partial charge in [0.15, 0.2) is 11.5 Å². The van der Waals surface area contributed by atoms with Crippen LogP contribution >= 0.6 is 0 Å². The average molecular weight is 593 g/mol. The number of phenolic OH excluding ortho intramolecular Hbond substituents is 2. The molecule has 0 aliphatic carbocycles. The summed E-state index contributed by atoms with van der Waals surface area (Å²) in [5.41, 5.74) is 9.82. The van der Waals surface area contributed by atoms with E-state index < -0.39 is 0 Å². The second kappa shape index (κ2) is 20.7. The van der Waals surface area contributed by atoms with Crippen molar-refractivity contribution in [2.24, 2.45) is 0 Å². The van der Waals surface area contributed by atoms with Crippen LogP contribution in [0.4, 0.5) is 0 Å². The minimum atomic E-state index is 0.00697. The number of benzene rings is 1. The molecule has 0 amide bonds. The average Bonchev–Trinajstić information content (AvgIpc) is 2.94. The maximum Gasteiger partial charge on any atom is 0.207 e. The summed E-state index contributed by atoms with van der Waals surface area (Å²) in [6.07, 6.45) is 25.5. The summed E-state index contributed by atoms with van der Waals surface area (Å²) in [4.78, 5) is 0. The van der Waals surface area contributed by atoms with Gasteiger partial charge in [-0.2, -0.15) is 0 Å². The van der Waals surface area contributed by atoms with Crippen molar-refractivity contribution in [3.8, 4) is 23.0 Å². The lowest BCUT2D eigenvalue weighted by Gasteiger charge is -2.17. The molecule has 0 saturated carbocycles. The maximum atomic E-state index is 10.7. The second-order valence-electron chi connectivity index (χ2n) is 12.3. The van der Waals surface area contributed by atoms with Crippen molar-refractivity contribution < 1.29 is 19.7 Å². The zero-order valence-electron chi connectivity index (χ0n) is 29.0. The number of aromatic hydroxyl groups is 2. The lowest BCUT2D eigenvalue weighted by atomic mass is 9.99. The third-order valence-electron chi connectivity index (χ3n) is 8.01. The van der Waals surface area contributed by atoms with E-state index in [1.807, 2.05) is 0 Å². The van der Waals surface area contributed by atoms with Crippen molar-refractivity contribution in [3.63, 3.8) is 0 Å². The zero-order valence-corrected chi connectivity index (χ0v) is 29.0. The zero-order chi connectivity index (χ0) is 32.4. The summed E-state index contributed by atoms with van der Waals surface area (Å²) in [7, 11) is 2.90. The minimum Gasteiger partial charge on any atom is -0.504 e. The van der Waals surface area contributed by atoms with Gasteiger partial charge >= 0.3 is 0 Å². The molecule has 1 aromatic carbocycles. The van der Waals surface area contributed by atoms with Crippen LogP contribution in [0.25, 0.3) is 0 Å². The molecule has 1 rings (SSSR count). The van der Waals surface area contributed by atoms with Gasteiger partial charge in [0.05, 0.1) is 14.2 Å². The molecule has 0 fully saturated rings. The van der Waals surface area contributed by atoms with Gasteiger partial charge in [-0.3, -0.25) is 0 Å². The van der Waals surface area contributed by atoms with E-state index in [-0.39, 0.29) is 23.0 Å². The van der Waals surface area contributed by atoms with Gasteiger partial charge in [-0.05, 0) is 126 Å². The number of hydrogen-bond donors (Lipinski definition) is 2. The van der Waals surface area contributed by atoms with E-state index in [2.05, 4.69) is 84.9 Å². The Morgan fingerprint density at radius 1 is 0.512 bits per heavy atom. The molecule has 0 aromatic heterocycles. The van der Waals surface area contributed by atoms with Gasteiger partial charge in [-0.25, -0.2) is 0 Å². The highest BCUT2D eigenvalue weighted by Crippen LogP contribution is 2.48. The van der Waals surface area contributed by atoms with Crippen molar-refractivity contribution >= 4 is 0 Å². The van der Waals surface area contributed by atoms with E-state index in [0.717, 1.165) is 57.8 Å². The lowest BCUT2D eigenvalue weighted by molar-refractivity contribution is 0.314. The van der Waals surface area contributed by atoms with Crippen molar-refractivity contribution in [2.45, 2.75) is 126 Å². The van der Waals surface area contributed by atoms with Crippen LogP contribution in [0.3, 0.4) is 0 Å². The van der Waals surface area contributed by atoms with Gasteiger partial charge < -0.3 is 19.7 Å². The molecular weight excluding hydrogens is 532 g/mol. The highest BCUT2D eigenvalue weighted by molar-refractivity contribution is 5.66. The summed E-state index contributed by atoms with van der Waals surface area (Å²) in [5, 5.41) is 21.1. The standard InChI is InChI=1S/C39H60O4/c1-28(2)16-11-17-29(3)18-12-19-30(4)20-13-21-31(5)22-14-23-32(6)24-15-25-33(7)26-27-35-34(8)36(40)38(42-9)39(43-10)37(35)41/h16,18,20,22,24,26,40-41H,11-15,17,19,21,23,25,27H2,1-10H3/b29-18+,30-20+,31-22-,32-24+,33-26+. The van der Waals surface area contributed by atoms with Crippen molar-refractivity contribution in [3.05, 3.63) is 81.0 Å². The Labute approximate surface area is 263 Å². The molecule has 2 N–H and O–H groups in total. The van der Waals surface area contributed by atoms with E-state index in [0.29, 0.717) is 17.5 Å². The van der Waals surface area contributed by atoms with E-state index in [9.17, 15) is 10.2 Å². The molecule has 0 aliphatic rings. The molecule has 4 nitrogen and oxygen atoms in total. The first-order valence-corrected chi connectivity index (χ1v) is 16.0. The van der Waals surface area contributed by atoms with E-state index in [1.54, 1.807) is 6.92 Å². The molecule has 0 radical (unpaired) electrons. The first-order valence-electron chi connectivity index (χ1n) is 16.0. The summed E-state index contributed by atoms with van der Waals surface area (Å²) in [5.74, 6) is 0.358. The molecule has 0 spiro atoms. The van der Waals surface area contributed by atoms with Crippen LogP contribution in [0.5, 0.6) is 23.0 Å². The lowest BCUT2D eigenvalue weighted by Crippen LogP contribution is -1.98. The minimum absolute atomic E-state index is 0.00697. The largest absolute Gasteiger partial charge is 0.504 e. The molecular formula is C39H60O4. The van der Waals surface area contributed by atoms with Crippen molar-refractivity contribution in [1.82, 2.24) is 0 Å². The SMILES string of the molecule is COc1c(O)c(C)c(C/C=C(\C)CC/C=C(\C)CC/C=C(/C)CC/C=C(\C)CC/C=C(\C)CCC=C(C)C)c(O)c1OC. The molecule has 0 heterocycles. The fourth-order valence-corrected chi connectivity index (χ4v) is 5.03. The van der Waals surface area contributed by atoms with Gasteiger partial charge in [0, 0.05) is 11.1 Å². The number of phenols is 2. The second-order valence-corrected chi connectivity index (χ2v) is 12.3. The number of rotatable bonds is 19. The Balaban J connectivity index is 2.44. The van der Waals surface area contributed by atoms with Gasteiger partial charge in [0.1, 0.15) is 0 Å². The molecule has 0 saturated heterocycles. The van der Waals surface area contributed by atoms with Gasteiger partial charge in [0.2, 0.25) is 11.5 Å². The van der Waals surface area contributed by atoms with Crippen LogP contribution in [0.15, 0.2) is 69.9 Å². The van der Waals surface area contributed by atoms with Crippen LogP contribution in [-0.2, 0) is 6.42 Å². The predicted octanol–water partition coefficient (Wildman–Crippen LogP) is 11.6. The van der Waals surface area contributed by atoms with Gasteiger partial charge in [-0.15, -0.1) is 0 Å². The molecule has 240 valence electrons. The summed E-state index contributed by atoms with van der Waals surface area (Å²) in [6.45, 7) is 17.2. The fourth-order valence-electron chi connectivity index (χ4n) is 5.03. The number of hydrogen-bond acceptors (Lipinski definition) is 4. The molecule has 0 aliphatic heterocycles. The molecule has 43 heavy (non-hydrogen) atoms. The van der Waals surface area contributed by atoms with E-state index in [4.69, 9.17) is 9.47 Å². The number of methoxy groups -OCH3 is 2. The van der Waals surface area contributed by atoms with Crippen molar-refractivity contribution in [1.29, 1.82) is 0 Å². The van der Waals surface area contributed by atoms with Gasteiger partial charge in [-0.1, -0.05) is 69.9 Å². The third kappa shape index (κ3) is 14.7. The maximum absolute atomic E-state index is 10.7.